The van der Waals surface area contributed by atoms with Crippen LogP contribution in [0.5, 0.6) is 0 Å². The van der Waals surface area contributed by atoms with Crippen LogP contribution >= 0.6 is 11.6 Å². The van der Waals surface area contributed by atoms with E-state index in [1.54, 1.807) is 13.1 Å². The van der Waals surface area contributed by atoms with Gasteiger partial charge in [-0.2, -0.15) is 0 Å². The van der Waals surface area contributed by atoms with E-state index in [9.17, 15) is 9.59 Å². The van der Waals surface area contributed by atoms with E-state index in [4.69, 9.17) is 16.3 Å². The van der Waals surface area contributed by atoms with Crippen molar-refractivity contribution >= 4 is 23.5 Å². The summed E-state index contributed by atoms with van der Waals surface area (Å²) >= 11 is 6.37. The van der Waals surface area contributed by atoms with Gasteiger partial charge in [-0.25, -0.2) is 4.79 Å². The van der Waals surface area contributed by atoms with Crippen LogP contribution in [0.25, 0.3) is 0 Å². The van der Waals surface area contributed by atoms with E-state index in [1.807, 2.05) is 25.2 Å². The molecule has 0 aliphatic heterocycles. The van der Waals surface area contributed by atoms with Crippen LogP contribution < -0.4 is 5.32 Å². The molecule has 1 aromatic carbocycles. The Morgan fingerprint density at radius 2 is 2.12 bits per heavy atom. The Bertz CT molecular complexity index is 593. The standard InChI is InChI=1S/C18H25ClN2O3/c1-20-12-7-13-24-17(23)21(2)18(11-6-5-10-16(18)22)14-8-3-4-9-15(14)19/h3-4,8-9,20H,5-7,10-13H2,1-2H3/t18-/m0/s1. The van der Waals surface area contributed by atoms with Gasteiger partial charge in [0, 0.05) is 24.1 Å². The van der Waals surface area contributed by atoms with E-state index in [0.717, 1.165) is 25.8 Å². The van der Waals surface area contributed by atoms with Crippen molar-refractivity contribution in [3.63, 3.8) is 0 Å². The molecule has 1 atom stereocenters. The number of likely N-dealkylation sites (N-methyl/N-ethyl adjacent to an activating group) is 1. The van der Waals surface area contributed by atoms with Crippen molar-refractivity contribution in [2.45, 2.75) is 37.6 Å². The van der Waals surface area contributed by atoms with Gasteiger partial charge in [-0.05, 0) is 45.3 Å². The second-order valence-corrected chi connectivity index (χ2v) is 6.51. The van der Waals surface area contributed by atoms with Crippen molar-refractivity contribution in [1.29, 1.82) is 0 Å². The summed E-state index contributed by atoms with van der Waals surface area (Å²) in [5.41, 5.74) is -0.345. The van der Waals surface area contributed by atoms with E-state index in [1.165, 1.54) is 4.90 Å². The molecule has 0 bridgehead atoms. The Hall–Kier alpha value is -1.59. The molecule has 1 aromatic rings. The van der Waals surface area contributed by atoms with Crippen molar-refractivity contribution < 1.29 is 14.3 Å². The molecule has 0 aromatic heterocycles. The van der Waals surface area contributed by atoms with Crippen LogP contribution in [0.1, 0.15) is 37.7 Å². The fraction of sp³-hybridized carbons (Fsp3) is 0.556. The minimum Gasteiger partial charge on any atom is -0.449 e. The van der Waals surface area contributed by atoms with Gasteiger partial charge in [0.2, 0.25) is 0 Å². The third kappa shape index (κ3) is 3.73. The largest absolute Gasteiger partial charge is 0.449 e. The van der Waals surface area contributed by atoms with Gasteiger partial charge in [0.1, 0.15) is 5.54 Å². The van der Waals surface area contributed by atoms with E-state index in [0.29, 0.717) is 30.0 Å². The molecule has 24 heavy (non-hydrogen) atoms. The molecule has 1 amide bonds. The summed E-state index contributed by atoms with van der Waals surface area (Å²) in [6, 6.07) is 7.25. The summed E-state index contributed by atoms with van der Waals surface area (Å²) < 4.78 is 5.35. The average molecular weight is 353 g/mol. The maximum absolute atomic E-state index is 12.9. The zero-order chi connectivity index (χ0) is 17.6. The molecule has 6 heteroatoms. The van der Waals surface area contributed by atoms with Gasteiger partial charge in [-0.1, -0.05) is 29.8 Å². The zero-order valence-electron chi connectivity index (χ0n) is 14.3. The van der Waals surface area contributed by atoms with Crippen molar-refractivity contribution in [1.82, 2.24) is 10.2 Å². The van der Waals surface area contributed by atoms with Gasteiger partial charge < -0.3 is 10.1 Å². The lowest BCUT2D eigenvalue weighted by atomic mass is 9.74. The van der Waals surface area contributed by atoms with Gasteiger partial charge in [0.15, 0.2) is 5.78 Å². The van der Waals surface area contributed by atoms with E-state index in [2.05, 4.69) is 5.32 Å². The second-order valence-electron chi connectivity index (χ2n) is 6.10. The maximum Gasteiger partial charge on any atom is 0.410 e. The molecule has 0 radical (unpaired) electrons. The first kappa shape index (κ1) is 18.7. The number of carbonyl (C=O) groups is 2. The van der Waals surface area contributed by atoms with E-state index < -0.39 is 11.6 Å². The SMILES string of the molecule is CNCCCOC(=O)N(C)[C@]1(c2ccccc2Cl)CCCCC1=O. The predicted octanol–water partition coefficient (Wildman–Crippen LogP) is 3.36. The molecule has 132 valence electrons. The molecule has 1 fully saturated rings. The number of halogens is 1. The van der Waals surface area contributed by atoms with Crippen LogP contribution in [0, 0.1) is 0 Å². The van der Waals surface area contributed by atoms with Crippen LogP contribution in [-0.4, -0.2) is 44.0 Å². The Morgan fingerprint density at radius 3 is 2.79 bits per heavy atom. The molecule has 1 N–H and O–H groups in total. The number of nitrogens with zero attached hydrogens (tertiary/aromatic N) is 1. The second kappa shape index (κ2) is 8.49. The molecule has 1 saturated carbocycles. The summed E-state index contributed by atoms with van der Waals surface area (Å²) in [5.74, 6) is 0.0246. The van der Waals surface area contributed by atoms with Gasteiger partial charge in [0.05, 0.1) is 6.61 Å². The quantitative estimate of drug-likeness (QED) is 0.797. The number of carbonyl (C=O) groups excluding carboxylic acids is 2. The highest BCUT2D eigenvalue weighted by molar-refractivity contribution is 6.31. The Labute approximate surface area is 148 Å². The molecule has 1 aliphatic rings. The summed E-state index contributed by atoms with van der Waals surface area (Å²) in [7, 11) is 3.48. The van der Waals surface area contributed by atoms with Crippen LogP contribution in [0.4, 0.5) is 4.79 Å². The number of amides is 1. The Balaban J connectivity index is 2.28. The van der Waals surface area contributed by atoms with Crippen molar-refractivity contribution in [3.8, 4) is 0 Å². The minimum absolute atomic E-state index is 0.0246. The van der Waals surface area contributed by atoms with Crippen LogP contribution in [-0.2, 0) is 15.1 Å². The van der Waals surface area contributed by atoms with Crippen LogP contribution in [0.2, 0.25) is 5.02 Å². The lowest BCUT2D eigenvalue weighted by molar-refractivity contribution is -0.133. The van der Waals surface area contributed by atoms with Gasteiger partial charge in [-0.15, -0.1) is 0 Å². The molecular formula is C18H25ClN2O3. The van der Waals surface area contributed by atoms with E-state index in [-0.39, 0.29) is 5.78 Å². The summed E-state index contributed by atoms with van der Waals surface area (Å²) in [5, 5.41) is 3.51. The predicted molar refractivity (Wildman–Crippen MR) is 94.3 cm³/mol. The topological polar surface area (TPSA) is 58.6 Å². The Kier molecular flexibility index (Phi) is 6.63. The highest BCUT2D eigenvalue weighted by Crippen LogP contribution is 2.42. The lowest BCUT2D eigenvalue weighted by Crippen LogP contribution is -2.54. The lowest BCUT2D eigenvalue weighted by Gasteiger charge is -2.43. The highest BCUT2D eigenvalue weighted by atomic mass is 35.5. The van der Waals surface area contributed by atoms with E-state index >= 15 is 0 Å². The smallest absolute Gasteiger partial charge is 0.410 e. The maximum atomic E-state index is 12.9. The molecule has 0 heterocycles. The zero-order valence-corrected chi connectivity index (χ0v) is 15.1. The summed E-state index contributed by atoms with van der Waals surface area (Å²) in [4.78, 5) is 26.8. The Morgan fingerprint density at radius 1 is 1.38 bits per heavy atom. The van der Waals surface area contributed by atoms with Gasteiger partial charge >= 0.3 is 6.09 Å². The monoisotopic (exact) mass is 352 g/mol. The molecule has 1 aliphatic carbocycles. The number of hydrogen-bond donors (Lipinski definition) is 1. The highest BCUT2D eigenvalue weighted by Gasteiger charge is 2.48. The molecule has 0 saturated heterocycles. The van der Waals surface area contributed by atoms with Crippen molar-refractivity contribution in [2.24, 2.45) is 0 Å². The number of Topliss-reactive ketones (excluding diaryl/α,β-unsaturated/α-hetero) is 1. The van der Waals surface area contributed by atoms with Crippen molar-refractivity contribution in [3.05, 3.63) is 34.9 Å². The molecule has 0 unspecified atom stereocenters. The van der Waals surface area contributed by atoms with Crippen LogP contribution in [0.3, 0.4) is 0 Å². The first-order valence-corrected chi connectivity index (χ1v) is 8.75. The number of ether oxygens (including phenoxy) is 1. The molecule has 2 rings (SSSR count). The van der Waals surface area contributed by atoms with Gasteiger partial charge in [-0.3, -0.25) is 9.69 Å². The first-order chi connectivity index (χ1) is 11.5. The normalized spacial score (nSPS) is 20.7. The van der Waals surface area contributed by atoms with Crippen molar-refractivity contribution in [2.75, 3.05) is 27.2 Å². The number of ketones is 1. The molecular weight excluding hydrogens is 328 g/mol. The minimum atomic E-state index is -1.03. The number of benzene rings is 1. The fourth-order valence-corrected chi connectivity index (χ4v) is 3.58. The summed E-state index contributed by atoms with van der Waals surface area (Å²) in [6.45, 7) is 1.09. The third-order valence-corrected chi connectivity index (χ3v) is 4.95. The van der Waals surface area contributed by atoms with Crippen LogP contribution in [0.15, 0.2) is 24.3 Å². The first-order valence-electron chi connectivity index (χ1n) is 8.37. The fourth-order valence-electron chi connectivity index (χ4n) is 3.29. The third-order valence-electron chi connectivity index (χ3n) is 4.62. The average Bonchev–Trinajstić information content (AvgIpc) is 2.59. The van der Waals surface area contributed by atoms with Gasteiger partial charge in [0.25, 0.3) is 0 Å². The molecule has 0 spiro atoms. The number of hydrogen-bond acceptors (Lipinski definition) is 4. The summed E-state index contributed by atoms with van der Waals surface area (Å²) in [6.07, 6.45) is 2.97. The molecule has 5 nitrogen and oxygen atoms in total. The number of nitrogens with one attached hydrogen (secondary N) is 1. The number of rotatable bonds is 6.